The van der Waals surface area contributed by atoms with Gasteiger partial charge in [-0.05, 0) is 19.8 Å². The van der Waals surface area contributed by atoms with Crippen molar-refractivity contribution in [3.05, 3.63) is 0 Å². The predicted molar refractivity (Wildman–Crippen MR) is 79.0 cm³/mol. The Bertz CT molecular complexity index is 164. The minimum Gasteiger partial charge on any atom is -0.393 e. The van der Waals surface area contributed by atoms with Gasteiger partial charge in [-0.15, -0.1) is 0 Å². The van der Waals surface area contributed by atoms with Crippen molar-refractivity contribution in [1.82, 2.24) is 0 Å². The van der Waals surface area contributed by atoms with E-state index in [1.165, 1.54) is 51.4 Å². The monoisotopic (exact) mass is 258 g/mol. The number of aliphatic hydroxyl groups excluding tert-OH is 1. The van der Waals surface area contributed by atoms with Crippen LogP contribution in [0.5, 0.6) is 0 Å². The standard InChI is InChI=1S/C16H34O2/c1-4-7-8-9-10-11-12-13-14-16(5-2,15-17)18-6-3/h17H,4-15H2,1-3H3. The molecule has 0 spiro atoms. The molecule has 0 bridgehead atoms. The first kappa shape index (κ1) is 17.9. The lowest BCUT2D eigenvalue weighted by Gasteiger charge is -2.30. The molecule has 0 fully saturated rings. The molecule has 1 N–H and O–H groups in total. The second-order valence-electron chi connectivity index (χ2n) is 5.35. The van der Waals surface area contributed by atoms with Gasteiger partial charge in [0.15, 0.2) is 0 Å². The summed E-state index contributed by atoms with van der Waals surface area (Å²) in [7, 11) is 0. The molecular weight excluding hydrogens is 224 g/mol. The molecule has 0 heterocycles. The first-order chi connectivity index (χ1) is 8.74. The zero-order valence-electron chi connectivity index (χ0n) is 12.8. The van der Waals surface area contributed by atoms with Crippen LogP contribution in [0.2, 0.25) is 0 Å². The van der Waals surface area contributed by atoms with E-state index >= 15 is 0 Å². The zero-order valence-corrected chi connectivity index (χ0v) is 12.8. The number of ether oxygens (including phenoxy) is 1. The van der Waals surface area contributed by atoms with Gasteiger partial charge >= 0.3 is 0 Å². The maximum absolute atomic E-state index is 9.48. The molecule has 0 radical (unpaired) electrons. The Morgan fingerprint density at radius 1 is 0.833 bits per heavy atom. The Morgan fingerprint density at radius 3 is 1.83 bits per heavy atom. The second kappa shape index (κ2) is 12.0. The lowest BCUT2D eigenvalue weighted by Crippen LogP contribution is -2.36. The van der Waals surface area contributed by atoms with Crippen LogP contribution in [-0.2, 0) is 4.74 Å². The fourth-order valence-corrected chi connectivity index (χ4v) is 2.47. The zero-order chi connectivity index (χ0) is 13.7. The summed E-state index contributed by atoms with van der Waals surface area (Å²) in [5.74, 6) is 0. The first-order valence-electron chi connectivity index (χ1n) is 7.99. The van der Waals surface area contributed by atoms with Crippen molar-refractivity contribution < 1.29 is 9.84 Å². The van der Waals surface area contributed by atoms with E-state index in [0.29, 0.717) is 6.61 Å². The molecule has 0 aromatic rings. The lowest BCUT2D eigenvalue weighted by molar-refractivity contribution is -0.0837. The molecule has 0 aromatic heterocycles. The summed E-state index contributed by atoms with van der Waals surface area (Å²) >= 11 is 0. The molecule has 0 aliphatic carbocycles. The third-order valence-electron chi connectivity index (χ3n) is 3.87. The Balaban J connectivity index is 3.55. The SMILES string of the molecule is CCCCCCCCCCC(CC)(CO)OCC. The van der Waals surface area contributed by atoms with Crippen molar-refractivity contribution in [2.75, 3.05) is 13.2 Å². The summed E-state index contributed by atoms with van der Waals surface area (Å²) in [5, 5.41) is 9.48. The summed E-state index contributed by atoms with van der Waals surface area (Å²) in [6.45, 7) is 7.23. The molecule has 0 aliphatic heterocycles. The Hall–Kier alpha value is -0.0800. The molecule has 2 heteroatoms. The molecule has 0 saturated carbocycles. The van der Waals surface area contributed by atoms with E-state index in [-0.39, 0.29) is 12.2 Å². The lowest BCUT2D eigenvalue weighted by atomic mass is 9.93. The van der Waals surface area contributed by atoms with E-state index in [2.05, 4.69) is 13.8 Å². The maximum atomic E-state index is 9.48. The molecule has 18 heavy (non-hydrogen) atoms. The van der Waals surface area contributed by atoms with Crippen LogP contribution < -0.4 is 0 Å². The van der Waals surface area contributed by atoms with E-state index in [4.69, 9.17) is 4.74 Å². The van der Waals surface area contributed by atoms with Gasteiger partial charge < -0.3 is 9.84 Å². The van der Waals surface area contributed by atoms with Crippen molar-refractivity contribution in [2.45, 2.75) is 90.6 Å². The quantitative estimate of drug-likeness (QED) is 0.485. The van der Waals surface area contributed by atoms with E-state index in [1.54, 1.807) is 0 Å². The highest BCUT2D eigenvalue weighted by Gasteiger charge is 2.26. The third-order valence-corrected chi connectivity index (χ3v) is 3.87. The van der Waals surface area contributed by atoms with Crippen molar-refractivity contribution in [2.24, 2.45) is 0 Å². The fourth-order valence-electron chi connectivity index (χ4n) is 2.47. The van der Waals surface area contributed by atoms with Crippen molar-refractivity contribution in [1.29, 1.82) is 0 Å². The number of rotatable bonds is 13. The smallest absolute Gasteiger partial charge is 0.0909 e. The average Bonchev–Trinajstić information content (AvgIpc) is 2.40. The minimum atomic E-state index is -0.267. The van der Waals surface area contributed by atoms with E-state index in [9.17, 15) is 5.11 Å². The summed E-state index contributed by atoms with van der Waals surface area (Å²) < 4.78 is 5.74. The van der Waals surface area contributed by atoms with Gasteiger partial charge in [0, 0.05) is 6.61 Å². The van der Waals surface area contributed by atoms with Crippen molar-refractivity contribution in [3.63, 3.8) is 0 Å². The Morgan fingerprint density at radius 2 is 1.39 bits per heavy atom. The van der Waals surface area contributed by atoms with E-state index in [0.717, 1.165) is 12.8 Å². The maximum Gasteiger partial charge on any atom is 0.0909 e. The first-order valence-corrected chi connectivity index (χ1v) is 7.99. The molecule has 0 aromatic carbocycles. The van der Waals surface area contributed by atoms with Crippen LogP contribution in [0.3, 0.4) is 0 Å². The average molecular weight is 258 g/mol. The number of aliphatic hydroxyl groups is 1. The molecule has 1 unspecified atom stereocenters. The normalized spacial score (nSPS) is 14.7. The Labute approximate surface area is 114 Å². The van der Waals surface area contributed by atoms with Gasteiger partial charge in [-0.1, -0.05) is 65.2 Å². The van der Waals surface area contributed by atoms with Crippen LogP contribution in [0.1, 0.15) is 85.0 Å². The number of unbranched alkanes of at least 4 members (excludes halogenated alkanes) is 7. The van der Waals surface area contributed by atoms with Gasteiger partial charge in [0.25, 0.3) is 0 Å². The van der Waals surface area contributed by atoms with Gasteiger partial charge in [-0.3, -0.25) is 0 Å². The molecule has 2 nitrogen and oxygen atoms in total. The summed E-state index contributed by atoms with van der Waals surface area (Å²) in [4.78, 5) is 0. The Kier molecular flexibility index (Phi) is 11.9. The topological polar surface area (TPSA) is 29.5 Å². The predicted octanol–water partition coefficient (Wildman–Crippen LogP) is 4.69. The molecule has 0 amide bonds. The van der Waals surface area contributed by atoms with Gasteiger partial charge in [0.05, 0.1) is 12.2 Å². The molecule has 0 saturated heterocycles. The van der Waals surface area contributed by atoms with Gasteiger partial charge in [-0.2, -0.15) is 0 Å². The highest BCUT2D eigenvalue weighted by molar-refractivity contribution is 4.78. The third kappa shape index (κ3) is 8.10. The number of hydrogen-bond acceptors (Lipinski definition) is 2. The van der Waals surface area contributed by atoms with Gasteiger partial charge in [0.2, 0.25) is 0 Å². The molecule has 0 rings (SSSR count). The summed E-state index contributed by atoms with van der Waals surface area (Å²) in [6.07, 6.45) is 12.6. The highest BCUT2D eigenvalue weighted by atomic mass is 16.5. The molecule has 1 atom stereocenters. The number of hydrogen-bond donors (Lipinski definition) is 1. The largest absolute Gasteiger partial charge is 0.393 e. The van der Waals surface area contributed by atoms with Gasteiger partial charge in [-0.25, -0.2) is 0 Å². The summed E-state index contributed by atoms with van der Waals surface area (Å²) in [5.41, 5.74) is -0.267. The highest BCUT2D eigenvalue weighted by Crippen LogP contribution is 2.23. The molecule has 0 aliphatic rings. The fraction of sp³-hybridized carbons (Fsp3) is 1.00. The second-order valence-corrected chi connectivity index (χ2v) is 5.35. The molecular formula is C16H34O2. The van der Waals surface area contributed by atoms with Crippen LogP contribution in [0.25, 0.3) is 0 Å². The van der Waals surface area contributed by atoms with Gasteiger partial charge in [0.1, 0.15) is 0 Å². The van der Waals surface area contributed by atoms with Crippen LogP contribution in [0.4, 0.5) is 0 Å². The molecule has 110 valence electrons. The summed E-state index contributed by atoms with van der Waals surface area (Å²) in [6, 6.07) is 0. The van der Waals surface area contributed by atoms with Crippen LogP contribution in [0.15, 0.2) is 0 Å². The van der Waals surface area contributed by atoms with Crippen LogP contribution in [-0.4, -0.2) is 23.9 Å². The van der Waals surface area contributed by atoms with Crippen molar-refractivity contribution in [3.8, 4) is 0 Å². The minimum absolute atomic E-state index is 0.161. The van der Waals surface area contributed by atoms with Crippen LogP contribution >= 0.6 is 0 Å². The van der Waals surface area contributed by atoms with E-state index < -0.39 is 0 Å². The van der Waals surface area contributed by atoms with Crippen LogP contribution in [0, 0.1) is 0 Å². The van der Waals surface area contributed by atoms with E-state index in [1.807, 2.05) is 6.92 Å². The van der Waals surface area contributed by atoms with Crippen molar-refractivity contribution >= 4 is 0 Å².